The van der Waals surface area contributed by atoms with E-state index in [0.29, 0.717) is 0 Å². The molecular formula is C27H28IrNO2-. The van der Waals surface area contributed by atoms with Crippen LogP contribution in [0, 0.1) is 19.9 Å². The summed E-state index contributed by atoms with van der Waals surface area (Å²) in [4.78, 5) is 14.8. The smallest absolute Gasteiger partial charge is 0.155 e. The summed E-state index contributed by atoms with van der Waals surface area (Å²) < 4.78 is 0. The molecule has 1 heterocycles. The fraction of sp³-hybridized carbons (Fsp3) is 0.259. The molecule has 0 spiro atoms. The van der Waals surface area contributed by atoms with E-state index < -0.39 is 0 Å². The van der Waals surface area contributed by atoms with Gasteiger partial charge in [-0.15, -0.1) is 34.9 Å². The molecule has 1 radical (unpaired) electrons. The number of aromatic nitrogens is 1. The van der Waals surface area contributed by atoms with E-state index in [1.807, 2.05) is 6.20 Å². The van der Waals surface area contributed by atoms with E-state index >= 15 is 0 Å². The molecule has 3 nitrogen and oxygen atoms in total. The number of aryl methyl sites for hydroxylation is 2. The number of ketones is 1. The van der Waals surface area contributed by atoms with Crippen molar-refractivity contribution in [2.75, 3.05) is 0 Å². The van der Waals surface area contributed by atoms with E-state index in [-0.39, 0.29) is 37.1 Å². The Morgan fingerprint density at radius 1 is 1.16 bits per heavy atom. The van der Waals surface area contributed by atoms with Gasteiger partial charge in [-0.25, -0.2) is 0 Å². The molecular weight excluding hydrogens is 563 g/mol. The third-order valence-electron chi connectivity index (χ3n) is 5.13. The largest absolute Gasteiger partial charge is 0.512 e. The van der Waals surface area contributed by atoms with E-state index in [4.69, 9.17) is 10.1 Å². The average Bonchev–Trinajstić information content (AvgIpc) is 2.63. The topological polar surface area (TPSA) is 50.2 Å². The molecule has 1 aromatic heterocycles. The van der Waals surface area contributed by atoms with Crippen LogP contribution in [0.1, 0.15) is 49.9 Å². The van der Waals surface area contributed by atoms with Crippen LogP contribution in [0.3, 0.4) is 0 Å². The minimum absolute atomic E-state index is 0. The fourth-order valence-electron chi connectivity index (χ4n) is 3.91. The third kappa shape index (κ3) is 5.58. The van der Waals surface area contributed by atoms with Gasteiger partial charge in [0.05, 0.1) is 5.76 Å². The summed E-state index contributed by atoms with van der Waals surface area (Å²) in [5.41, 5.74) is 7.16. The van der Waals surface area contributed by atoms with Crippen LogP contribution in [0.15, 0.2) is 54.4 Å². The zero-order chi connectivity index (χ0) is 22.1. The molecule has 0 unspecified atom stereocenters. The second-order valence-electron chi connectivity index (χ2n) is 8.50. The van der Waals surface area contributed by atoms with Gasteiger partial charge < -0.3 is 10.1 Å². The maximum absolute atomic E-state index is 10.0. The Labute approximate surface area is 198 Å². The molecule has 0 saturated heterocycles. The van der Waals surface area contributed by atoms with Gasteiger partial charge in [0.15, 0.2) is 5.78 Å². The summed E-state index contributed by atoms with van der Waals surface area (Å²) >= 11 is 0. The van der Waals surface area contributed by atoms with Gasteiger partial charge >= 0.3 is 0 Å². The number of rotatable bonds is 2. The van der Waals surface area contributed by atoms with E-state index in [2.05, 4.69) is 76.2 Å². The van der Waals surface area contributed by atoms with Crippen LogP contribution in [0.5, 0.6) is 0 Å². The number of benzene rings is 2. The first-order chi connectivity index (χ1) is 14.1. The number of aliphatic hydroxyl groups excluding tert-OH is 1. The van der Waals surface area contributed by atoms with Crippen molar-refractivity contribution in [3.8, 4) is 11.3 Å². The van der Waals surface area contributed by atoms with E-state index in [1.165, 1.54) is 47.4 Å². The van der Waals surface area contributed by atoms with Crippen LogP contribution in [0.2, 0.25) is 0 Å². The van der Waals surface area contributed by atoms with Gasteiger partial charge in [-0.05, 0) is 41.4 Å². The van der Waals surface area contributed by atoms with Crippen LogP contribution in [-0.2, 0) is 30.3 Å². The Morgan fingerprint density at radius 3 is 2.45 bits per heavy atom. The van der Waals surface area contributed by atoms with Crippen molar-refractivity contribution in [2.24, 2.45) is 0 Å². The quantitative estimate of drug-likeness (QED) is 0.206. The number of hydrogen-bond donors (Lipinski definition) is 1. The predicted molar refractivity (Wildman–Crippen MR) is 125 cm³/mol. The molecule has 0 saturated carbocycles. The first-order valence-electron chi connectivity index (χ1n) is 10.1. The van der Waals surface area contributed by atoms with Crippen LogP contribution in [-0.4, -0.2) is 15.9 Å². The monoisotopic (exact) mass is 591 g/mol. The minimum Gasteiger partial charge on any atom is -0.512 e. The van der Waals surface area contributed by atoms with Gasteiger partial charge in [-0.2, -0.15) is 0 Å². The van der Waals surface area contributed by atoms with Crippen LogP contribution in [0.25, 0.3) is 28.1 Å². The molecule has 1 N–H and O–H groups in total. The summed E-state index contributed by atoms with van der Waals surface area (Å²) in [6, 6.07) is 14.4. The number of pyridine rings is 1. The van der Waals surface area contributed by atoms with Crippen molar-refractivity contribution in [3.63, 3.8) is 0 Å². The molecule has 0 atom stereocenters. The molecule has 1 aliphatic carbocycles. The van der Waals surface area contributed by atoms with Crippen LogP contribution >= 0.6 is 0 Å². The van der Waals surface area contributed by atoms with Gasteiger partial charge in [0, 0.05) is 37.8 Å². The van der Waals surface area contributed by atoms with Gasteiger partial charge in [0.2, 0.25) is 0 Å². The molecule has 4 rings (SSSR count). The number of carbonyl (C=O) groups is 1. The Morgan fingerprint density at radius 2 is 1.87 bits per heavy atom. The maximum atomic E-state index is 10.0. The third-order valence-corrected chi connectivity index (χ3v) is 5.13. The molecule has 1 aliphatic rings. The molecule has 4 heteroatoms. The standard InChI is InChI=1S/C22H20N.C5H8O2.Ir/c1-14-10-15(2)12-17(11-14)21-18-6-5-7-19-20(18)16(13-23-21)8-9-22(19,3)4;1-4(6)3-5(2)7;/h5-11,13H,1-4H3;3,6H,1-2H3;/q-1;;/b;4-3-;. The van der Waals surface area contributed by atoms with Gasteiger partial charge in [0.1, 0.15) is 0 Å². The van der Waals surface area contributed by atoms with Crippen molar-refractivity contribution in [1.82, 2.24) is 4.98 Å². The Kier molecular flexibility index (Phi) is 7.75. The van der Waals surface area contributed by atoms with E-state index in [9.17, 15) is 4.79 Å². The number of carbonyl (C=O) groups excluding carboxylic acids is 1. The zero-order valence-corrected chi connectivity index (χ0v) is 21.2. The molecule has 31 heavy (non-hydrogen) atoms. The zero-order valence-electron chi connectivity index (χ0n) is 18.8. The summed E-state index contributed by atoms with van der Waals surface area (Å²) in [5.74, 6) is -0.0625. The summed E-state index contributed by atoms with van der Waals surface area (Å²) in [7, 11) is 0. The number of hydrogen-bond acceptors (Lipinski definition) is 3. The number of aliphatic hydroxyl groups is 1. The van der Waals surface area contributed by atoms with Gasteiger partial charge in [-0.3, -0.25) is 4.79 Å². The second-order valence-corrected chi connectivity index (χ2v) is 8.50. The molecule has 3 aromatic rings. The molecule has 0 aliphatic heterocycles. The summed E-state index contributed by atoms with van der Waals surface area (Å²) in [6.45, 7) is 11.6. The maximum Gasteiger partial charge on any atom is 0.155 e. The molecule has 0 amide bonds. The molecule has 0 bridgehead atoms. The van der Waals surface area contributed by atoms with Crippen molar-refractivity contribution in [2.45, 2.75) is 47.0 Å². The summed E-state index contributed by atoms with van der Waals surface area (Å²) in [6.07, 6.45) is 7.64. The fourth-order valence-corrected chi connectivity index (χ4v) is 3.91. The first kappa shape index (κ1) is 24.7. The van der Waals surface area contributed by atoms with Crippen molar-refractivity contribution in [3.05, 3.63) is 82.8 Å². The Hall–Kier alpha value is -2.55. The number of allylic oxidation sites excluding steroid dienone is 3. The first-order valence-corrected chi connectivity index (χ1v) is 10.1. The predicted octanol–water partition coefficient (Wildman–Crippen LogP) is 6.66. The SMILES string of the molecule is CC(=O)/C=C(/C)O.Cc1[c-]c(-c2ncc3c4c(cccc24)C(C)(C)C=C3)cc(C)c1.[Ir]. The van der Waals surface area contributed by atoms with E-state index in [0.717, 1.165) is 16.8 Å². The van der Waals surface area contributed by atoms with Crippen LogP contribution in [0.4, 0.5) is 0 Å². The van der Waals surface area contributed by atoms with E-state index in [1.54, 1.807) is 0 Å². The summed E-state index contributed by atoms with van der Waals surface area (Å²) in [5, 5.41) is 10.9. The minimum atomic E-state index is -0.125. The second kappa shape index (κ2) is 9.72. The Bertz CT molecular complexity index is 1170. The van der Waals surface area contributed by atoms with Crippen molar-refractivity contribution in [1.29, 1.82) is 0 Å². The molecule has 2 aromatic carbocycles. The van der Waals surface area contributed by atoms with Crippen LogP contribution < -0.4 is 0 Å². The molecule has 163 valence electrons. The van der Waals surface area contributed by atoms with Crippen molar-refractivity contribution < 1.29 is 30.0 Å². The Balaban J connectivity index is 0.000000373. The molecule has 0 fully saturated rings. The van der Waals surface area contributed by atoms with Crippen molar-refractivity contribution >= 4 is 22.6 Å². The van der Waals surface area contributed by atoms with Gasteiger partial charge in [-0.1, -0.05) is 58.0 Å². The average molecular weight is 591 g/mol. The normalized spacial score (nSPS) is 13.8. The number of nitrogens with zero attached hydrogens (tertiary/aromatic N) is 1. The van der Waals surface area contributed by atoms with Gasteiger partial charge in [0.25, 0.3) is 0 Å².